The van der Waals surface area contributed by atoms with E-state index in [1.54, 1.807) is 6.07 Å². The number of hydrogen-bond acceptors (Lipinski definition) is 2. The van der Waals surface area contributed by atoms with Crippen molar-refractivity contribution in [2.24, 2.45) is 0 Å². The molecule has 19 heavy (non-hydrogen) atoms. The second kappa shape index (κ2) is 10.3. The predicted molar refractivity (Wildman–Crippen MR) is 69.9 cm³/mol. The molecular weight excluding hydrogens is 251 g/mol. The molecule has 0 aliphatic carbocycles. The first-order chi connectivity index (χ1) is 8.65. The minimum atomic E-state index is -1.15. The first-order valence-electron chi connectivity index (χ1n) is 6.68. The van der Waals surface area contributed by atoms with E-state index >= 15 is 0 Å². The van der Waals surface area contributed by atoms with Gasteiger partial charge in [-0.2, -0.15) is 0 Å². The van der Waals surface area contributed by atoms with Crippen LogP contribution in [0.4, 0.5) is 0 Å². The molecule has 0 saturated carbocycles. The zero-order valence-corrected chi connectivity index (χ0v) is 13.9. The molecule has 0 spiro atoms. The second-order valence-electron chi connectivity index (χ2n) is 4.65. The Morgan fingerprint density at radius 2 is 1.79 bits per heavy atom. The van der Waals surface area contributed by atoms with E-state index in [-0.39, 0.29) is 40.9 Å². The number of benzene rings is 1. The normalized spacial score (nSPS) is 9.95. The summed E-state index contributed by atoms with van der Waals surface area (Å²) in [7, 11) is 0. The van der Waals surface area contributed by atoms with E-state index in [4.69, 9.17) is 5.11 Å². The summed E-state index contributed by atoms with van der Waals surface area (Å²) in [4.78, 5) is 10.7. The maximum atomic E-state index is 11.5. The van der Waals surface area contributed by atoms with E-state index in [2.05, 4.69) is 6.92 Å². The smallest absolute Gasteiger partial charge is 0.872 e. The van der Waals surface area contributed by atoms with Crippen molar-refractivity contribution < 1.29 is 44.6 Å². The Bertz CT molecular complexity index is 391. The minimum absolute atomic E-state index is 0. The van der Waals surface area contributed by atoms with Crippen molar-refractivity contribution in [3.05, 3.63) is 29.3 Å². The molecule has 0 aliphatic rings. The van der Waals surface area contributed by atoms with Crippen molar-refractivity contribution in [2.45, 2.75) is 51.9 Å². The summed E-state index contributed by atoms with van der Waals surface area (Å²) in [6, 6.07) is 4.61. The molecule has 0 atom stereocenters. The summed E-state index contributed by atoms with van der Waals surface area (Å²) >= 11 is 0. The maximum Gasteiger partial charge on any atom is 1.00 e. The number of aryl methyl sites for hydroxylation is 1. The Balaban J connectivity index is 0.00000324. The van der Waals surface area contributed by atoms with Crippen LogP contribution in [0.3, 0.4) is 0 Å². The van der Waals surface area contributed by atoms with Gasteiger partial charge in [-0.25, -0.2) is 4.79 Å². The van der Waals surface area contributed by atoms with Crippen molar-refractivity contribution >= 4 is 5.97 Å². The summed E-state index contributed by atoms with van der Waals surface area (Å²) < 4.78 is 0. The van der Waals surface area contributed by atoms with E-state index in [0.29, 0.717) is 0 Å². The van der Waals surface area contributed by atoms with Crippen LogP contribution in [0, 0.1) is 0 Å². The number of aromatic carboxylic acids is 1. The van der Waals surface area contributed by atoms with Crippen LogP contribution in [0.15, 0.2) is 18.2 Å². The van der Waals surface area contributed by atoms with E-state index in [1.165, 1.54) is 44.2 Å². The fraction of sp³-hybridized carbons (Fsp3) is 0.533. The third-order valence-corrected chi connectivity index (χ3v) is 3.10. The largest absolute Gasteiger partial charge is 1.00 e. The molecule has 4 heteroatoms. The molecule has 0 aromatic heterocycles. The van der Waals surface area contributed by atoms with E-state index in [1.807, 2.05) is 0 Å². The molecule has 100 valence electrons. The molecule has 0 bridgehead atoms. The van der Waals surface area contributed by atoms with E-state index < -0.39 is 5.97 Å². The summed E-state index contributed by atoms with van der Waals surface area (Å²) in [6.45, 7) is 2.19. The first kappa shape index (κ1) is 18.5. The van der Waals surface area contributed by atoms with Gasteiger partial charge in [0.05, 0.1) is 5.56 Å². The summed E-state index contributed by atoms with van der Waals surface area (Å²) in [6.07, 6.45) is 8.16. The maximum absolute atomic E-state index is 11.5. The van der Waals surface area contributed by atoms with Gasteiger partial charge in [0.2, 0.25) is 0 Å². The van der Waals surface area contributed by atoms with Crippen molar-refractivity contribution in [2.75, 3.05) is 0 Å². The van der Waals surface area contributed by atoms with Gasteiger partial charge in [0.1, 0.15) is 0 Å². The SMILES string of the molecule is CCCCCCCCc1ccc(C(=O)O)c([O-])c1.[Na+]. The second-order valence-corrected chi connectivity index (χ2v) is 4.65. The van der Waals surface area contributed by atoms with Gasteiger partial charge in [0, 0.05) is 0 Å². The number of carboxylic acid groups (broad SMARTS) is 1. The van der Waals surface area contributed by atoms with Crippen LogP contribution in [-0.2, 0) is 6.42 Å². The molecule has 1 N–H and O–H groups in total. The van der Waals surface area contributed by atoms with E-state index in [9.17, 15) is 9.90 Å². The molecular formula is C15H21NaO3. The van der Waals surface area contributed by atoms with Gasteiger partial charge in [-0.3, -0.25) is 0 Å². The molecule has 1 aromatic rings. The topological polar surface area (TPSA) is 60.4 Å². The van der Waals surface area contributed by atoms with Crippen LogP contribution in [0.5, 0.6) is 5.75 Å². The van der Waals surface area contributed by atoms with Gasteiger partial charge in [-0.1, -0.05) is 56.9 Å². The van der Waals surface area contributed by atoms with Crippen molar-refractivity contribution in [3.8, 4) is 5.75 Å². The van der Waals surface area contributed by atoms with Crippen LogP contribution in [0.25, 0.3) is 0 Å². The molecule has 0 saturated heterocycles. The van der Waals surface area contributed by atoms with Gasteiger partial charge < -0.3 is 10.2 Å². The summed E-state index contributed by atoms with van der Waals surface area (Å²) in [5.74, 6) is -1.53. The van der Waals surface area contributed by atoms with E-state index in [0.717, 1.165) is 18.4 Å². The van der Waals surface area contributed by atoms with Crippen LogP contribution in [0.1, 0.15) is 61.4 Å². The fourth-order valence-corrected chi connectivity index (χ4v) is 2.01. The molecule has 0 unspecified atom stereocenters. The Morgan fingerprint density at radius 3 is 2.37 bits per heavy atom. The third kappa shape index (κ3) is 7.00. The molecule has 0 amide bonds. The molecule has 0 radical (unpaired) electrons. The Hall–Kier alpha value is -0.510. The predicted octanol–water partition coefficient (Wildman–Crippen LogP) is 0.365. The van der Waals surface area contributed by atoms with Crippen molar-refractivity contribution in [1.82, 2.24) is 0 Å². The summed E-state index contributed by atoms with van der Waals surface area (Å²) in [5, 5.41) is 20.2. The number of rotatable bonds is 8. The zero-order valence-electron chi connectivity index (χ0n) is 11.9. The van der Waals surface area contributed by atoms with Crippen molar-refractivity contribution in [1.29, 1.82) is 0 Å². The summed E-state index contributed by atoms with van der Waals surface area (Å²) in [5.41, 5.74) is 0.808. The molecule has 3 nitrogen and oxygen atoms in total. The Kier molecular flexibility index (Phi) is 10.0. The molecule has 1 aromatic carbocycles. The first-order valence-corrected chi connectivity index (χ1v) is 6.68. The Morgan fingerprint density at radius 1 is 1.16 bits per heavy atom. The van der Waals surface area contributed by atoms with Gasteiger partial charge in [0.25, 0.3) is 0 Å². The van der Waals surface area contributed by atoms with Gasteiger partial charge in [-0.05, 0) is 24.5 Å². The third-order valence-electron chi connectivity index (χ3n) is 3.10. The molecule has 1 rings (SSSR count). The van der Waals surface area contributed by atoms with Crippen molar-refractivity contribution in [3.63, 3.8) is 0 Å². The fourth-order valence-electron chi connectivity index (χ4n) is 2.01. The van der Waals surface area contributed by atoms with Gasteiger partial charge >= 0.3 is 35.5 Å². The number of unbranched alkanes of at least 4 members (excludes halogenated alkanes) is 5. The molecule has 0 heterocycles. The number of carboxylic acids is 1. The molecule has 0 fully saturated rings. The van der Waals surface area contributed by atoms with Gasteiger partial charge in [0.15, 0.2) is 0 Å². The average molecular weight is 272 g/mol. The number of hydrogen-bond donors (Lipinski definition) is 1. The minimum Gasteiger partial charge on any atom is -0.872 e. The monoisotopic (exact) mass is 272 g/mol. The standard InChI is InChI=1S/C15H22O3.Na/c1-2-3-4-5-6-7-8-12-9-10-13(15(17)18)14(16)11-12;/h9-11,16H,2-8H2,1H3,(H,17,18);/q;+1/p-1. The Labute approximate surface area is 137 Å². The zero-order chi connectivity index (χ0) is 13.4. The van der Waals surface area contributed by atoms with Crippen LogP contribution in [-0.4, -0.2) is 11.1 Å². The molecule has 0 aliphatic heterocycles. The van der Waals surface area contributed by atoms with Gasteiger partial charge in [-0.15, -0.1) is 0 Å². The van der Waals surface area contributed by atoms with Crippen LogP contribution >= 0.6 is 0 Å². The van der Waals surface area contributed by atoms with Crippen LogP contribution < -0.4 is 34.7 Å². The average Bonchev–Trinajstić information content (AvgIpc) is 2.33. The number of carbonyl (C=O) groups is 1. The van der Waals surface area contributed by atoms with Crippen LogP contribution in [0.2, 0.25) is 0 Å². The quantitative estimate of drug-likeness (QED) is 0.549.